The highest BCUT2D eigenvalue weighted by molar-refractivity contribution is 7.97. The molecule has 0 bridgehead atoms. The molecule has 2 aromatic heterocycles. The Bertz CT molecular complexity index is 501. The molecule has 0 aliphatic heterocycles. The summed E-state index contributed by atoms with van der Waals surface area (Å²) in [4.78, 5) is 21.5. The van der Waals surface area contributed by atoms with Crippen LogP contribution in [0.2, 0.25) is 0 Å². The van der Waals surface area contributed by atoms with Crippen LogP contribution in [0.25, 0.3) is 11.2 Å². The van der Waals surface area contributed by atoms with E-state index in [1.54, 1.807) is 3.97 Å². The molecule has 6 nitrogen and oxygen atoms in total. The van der Waals surface area contributed by atoms with Crippen LogP contribution >= 0.6 is 11.9 Å². The first-order valence-electron chi connectivity index (χ1n) is 3.49. The van der Waals surface area contributed by atoms with Gasteiger partial charge in [-0.1, -0.05) is 0 Å². The van der Waals surface area contributed by atoms with Crippen LogP contribution in [0.4, 0.5) is 5.95 Å². The van der Waals surface area contributed by atoms with Crippen LogP contribution in [0.5, 0.6) is 0 Å². The van der Waals surface area contributed by atoms with Gasteiger partial charge in [0.1, 0.15) is 6.33 Å². The first-order valence-corrected chi connectivity index (χ1v) is 4.68. The number of nitrogens with zero attached hydrogens (tertiary/aromatic N) is 3. The maximum atomic E-state index is 11.3. The van der Waals surface area contributed by atoms with E-state index in [9.17, 15) is 4.79 Å². The molecule has 68 valence electrons. The van der Waals surface area contributed by atoms with Crippen molar-refractivity contribution in [2.24, 2.45) is 0 Å². The maximum Gasteiger partial charge on any atom is 0.280 e. The lowest BCUT2D eigenvalue weighted by atomic mass is 10.5. The zero-order chi connectivity index (χ0) is 9.42. The molecule has 0 atom stereocenters. The van der Waals surface area contributed by atoms with E-state index in [-0.39, 0.29) is 11.5 Å². The molecule has 0 radical (unpaired) electrons. The Hall–Kier alpha value is -1.50. The maximum absolute atomic E-state index is 11.3. The Morgan fingerprint density at radius 3 is 3.15 bits per heavy atom. The number of nitrogen functional groups attached to an aromatic ring is 1. The molecule has 0 aliphatic carbocycles. The fourth-order valence-electron chi connectivity index (χ4n) is 1.04. The van der Waals surface area contributed by atoms with Gasteiger partial charge in [-0.05, 0) is 11.9 Å². The summed E-state index contributed by atoms with van der Waals surface area (Å²) in [5.74, 6) is 0.105. The van der Waals surface area contributed by atoms with Gasteiger partial charge in [-0.15, -0.1) is 0 Å². The summed E-state index contributed by atoms with van der Waals surface area (Å²) < 4.78 is 1.68. The van der Waals surface area contributed by atoms with Crippen molar-refractivity contribution in [2.45, 2.75) is 0 Å². The van der Waals surface area contributed by atoms with Gasteiger partial charge in [0.05, 0.1) is 0 Å². The number of rotatable bonds is 1. The summed E-state index contributed by atoms with van der Waals surface area (Å²) in [6.45, 7) is 0. The number of H-pyrrole nitrogens is 1. The average Bonchev–Trinajstić information content (AvgIpc) is 2.47. The zero-order valence-electron chi connectivity index (χ0n) is 6.81. The average molecular weight is 197 g/mol. The first-order chi connectivity index (χ1) is 6.22. The highest BCUT2D eigenvalue weighted by atomic mass is 32.2. The number of fused-ring (bicyclic) bond motifs is 1. The standard InChI is InChI=1S/C6H7N5OS/c1-13-11-2-8-3-4(11)9-6(7)10-5(3)12/h2H,1H3,(H3,7,9,10,12). The molecule has 0 saturated heterocycles. The van der Waals surface area contributed by atoms with Gasteiger partial charge in [-0.25, -0.2) is 4.98 Å². The summed E-state index contributed by atoms with van der Waals surface area (Å²) in [5, 5.41) is 0. The number of anilines is 1. The predicted molar refractivity (Wildman–Crippen MR) is 51.5 cm³/mol. The lowest BCUT2D eigenvalue weighted by Gasteiger charge is -1.96. The Kier molecular flexibility index (Phi) is 1.73. The zero-order valence-corrected chi connectivity index (χ0v) is 7.63. The third kappa shape index (κ3) is 1.17. The van der Waals surface area contributed by atoms with Gasteiger partial charge in [-0.3, -0.25) is 13.8 Å². The second kappa shape index (κ2) is 2.77. The molecule has 0 fully saturated rings. The number of hydrogen-bond acceptors (Lipinski definition) is 5. The summed E-state index contributed by atoms with van der Waals surface area (Å²) in [7, 11) is 0. The Balaban J connectivity index is 2.90. The van der Waals surface area contributed by atoms with E-state index in [0.717, 1.165) is 0 Å². The second-order valence-electron chi connectivity index (χ2n) is 2.38. The molecule has 0 spiro atoms. The molecule has 2 heterocycles. The molecule has 2 aromatic rings. The monoisotopic (exact) mass is 197 g/mol. The van der Waals surface area contributed by atoms with Crippen LogP contribution < -0.4 is 11.3 Å². The normalized spacial score (nSPS) is 10.8. The number of aromatic nitrogens is 4. The van der Waals surface area contributed by atoms with Gasteiger partial charge in [0.2, 0.25) is 5.95 Å². The molecule has 3 N–H and O–H groups in total. The lowest BCUT2D eigenvalue weighted by molar-refractivity contribution is 1.16. The van der Waals surface area contributed by atoms with Gasteiger partial charge in [0.25, 0.3) is 5.56 Å². The summed E-state index contributed by atoms with van der Waals surface area (Å²) in [5.41, 5.74) is 5.88. The molecular weight excluding hydrogens is 190 g/mol. The van der Waals surface area contributed by atoms with Crippen molar-refractivity contribution in [3.8, 4) is 0 Å². The molecule has 0 saturated carbocycles. The van der Waals surface area contributed by atoms with Crippen molar-refractivity contribution >= 4 is 29.1 Å². The van der Waals surface area contributed by atoms with Gasteiger partial charge < -0.3 is 5.73 Å². The minimum atomic E-state index is -0.310. The molecule has 0 aromatic carbocycles. The quantitative estimate of drug-likeness (QED) is 0.662. The van der Waals surface area contributed by atoms with E-state index in [1.165, 1.54) is 18.3 Å². The second-order valence-corrected chi connectivity index (χ2v) is 3.13. The van der Waals surface area contributed by atoms with Crippen LogP contribution in [0.15, 0.2) is 11.1 Å². The van der Waals surface area contributed by atoms with Crippen LogP contribution in [-0.4, -0.2) is 25.2 Å². The topological polar surface area (TPSA) is 89.6 Å². The molecule has 7 heteroatoms. The summed E-state index contributed by atoms with van der Waals surface area (Å²) in [6.07, 6.45) is 3.40. The van der Waals surface area contributed by atoms with Gasteiger partial charge in [-0.2, -0.15) is 4.98 Å². The van der Waals surface area contributed by atoms with Crippen molar-refractivity contribution in [1.29, 1.82) is 0 Å². The largest absolute Gasteiger partial charge is 0.369 e. The van der Waals surface area contributed by atoms with Gasteiger partial charge in [0.15, 0.2) is 11.2 Å². The summed E-state index contributed by atoms with van der Waals surface area (Å²) in [6, 6.07) is 0. The molecule has 2 rings (SSSR count). The van der Waals surface area contributed by atoms with E-state index in [2.05, 4.69) is 15.0 Å². The van der Waals surface area contributed by atoms with E-state index >= 15 is 0 Å². The first kappa shape index (κ1) is 8.11. The number of aromatic amines is 1. The summed E-state index contributed by atoms with van der Waals surface area (Å²) >= 11 is 1.41. The van der Waals surface area contributed by atoms with Crippen molar-refractivity contribution in [3.05, 3.63) is 16.7 Å². The lowest BCUT2D eigenvalue weighted by Crippen LogP contribution is -2.11. The van der Waals surface area contributed by atoms with Crippen molar-refractivity contribution < 1.29 is 0 Å². The van der Waals surface area contributed by atoms with Crippen molar-refractivity contribution in [2.75, 3.05) is 12.0 Å². The predicted octanol–water partition coefficient (Wildman–Crippen LogP) is -0.172. The smallest absolute Gasteiger partial charge is 0.280 e. The van der Waals surface area contributed by atoms with Crippen LogP contribution in [0, 0.1) is 0 Å². The molecule has 0 unspecified atom stereocenters. The minimum absolute atomic E-state index is 0.105. The van der Waals surface area contributed by atoms with E-state index < -0.39 is 0 Å². The van der Waals surface area contributed by atoms with Crippen LogP contribution in [-0.2, 0) is 0 Å². The Morgan fingerprint density at radius 1 is 1.69 bits per heavy atom. The number of nitrogens with one attached hydrogen (secondary N) is 1. The molecule has 0 aliphatic rings. The third-order valence-electron chi connectivity index (χ3n) is 1.59. The van der Waals surface area contributed by atoms with E-state index in [0.29, 0.717) is 11.2 Å². The molecule has 0 amide bonds. The highest BCUT2D eigenvalue weighted by Gasteiger charge is 2.07. The van der Waals surface area contributed by atoms with Crippen molar-refractivity contribution in [1.82, 2.24) is 18.9 Å². The number of hydrogen-bond donors (Lipinski definition) is 2. The van der Waals surface area contributed by atoms with Crippen LogP contribution in [0.3, 0.4) is 0 Å². The van der Waals surface area contributed by atoms with Gasteiger partial charge in [0, 0.05) is 6.26 Å². The fourth-order valence-corrected chi connectivity index (χ4v) is 1.48. The molecular formula is C6H7N5OS. The van der Waals surface area contributed by atoms with E-state index in [1.807, 2.05) is 6.26 Å². The van der Waals surface area contributed by atoms with Gasteiger partial charge >= 0.3 is 0 Å². The number of imidazole rings is 1. The SMILES string of the molecule is CSn1cnc2c(=O)[nH]c(N)nc21. The molecule has 13 heavy (non-hydrogen) atoms. The van der Waals surface area contributed by atoms with Crippen molar-refractivity contribution in [3.63, 3.8) is 0 Å². The third-order valence-corrected chi connectivity index (χ3v) is 2.25. The number of nitrogens with two attached hydrogens (primary N) is 1. The van der Waals surface area contributed by atoms with E-state index in [4.69, 9.17) is 5.73 Å². The fraction of sp³-hybridized carbons (Fsp3) is 0.167. The van der Waals surface area contributed by atoms with Crippen LogP contribution in [0.1, 0.15) is 0 Å². The minimum Gasteiger partial charge on any atom is -0.369 e. The highest BCUT2D eigenvalue weighted by Crippen LogP contribution is 2.11. The Labute approximate surface area is 77.3 Å². The Morgan fingerprint density at radius 2 is 2.46 bits per heavy atom.